The second kappa shape index (κ2) is 7.53. The Hall–Kier alpha value is -2.03. The Morgan fingerprint density at radius 3 is 2.67 bits per heavy atom. The predicted octanol–water partition coefficient (Wildman–Crippen LogP) is 5.28. The molecule has 0 saturated carbocycles. The minimum Gasteiger partial charge on any atom is -0.281 e. The van der Waals surface area contributed by atoms with Gasteiger partial charge in [0, 0.05) is 12.2 Å². The zero-order chi connectivity index (χ0) is 19.0. The highest BCUT2D eigenvalue weighted by molar-refractivity contribution is 9.11. The summed E-state index contributed by atoms with van der Waals surface area (Å²) in [6.45, 7) is 5.13. The number of para-hydroxylation sites is 1. The van der Waals surface area contributed by atoms with Gasteiger partial charge >= 0.3 is 0 Å². The lowest BCUT2D eigenvalue weighted by molar-refractivity contribution is 0.0989. The molecule has 0 N–H and O–H groups in total. The number of aryl methyl sites for hydroxylation is 2. The fourth-order valence-electron chi connectivity index (χ4n) is 2.92. The Balaban J connectivity index is 1.67. The van der Waals surface area contributed by atoms with Gasteiger partial charge in [-0.3, -0.25) is 14.4 Å². The van der Waals surface area contributed by atoms with E-state index in [-0.39, 0.29) is 5.91 Å². The van der Waals surface area contributed by atoms with Crippen LogP contribution in [0.2, 0.25) is 0 Å². The maximum absolute atomic E-state index is 13.2. The van der Waals surface area contributed by atoms with Gasteiger partial charge < -0.3 is 0 Å². The molecule has 0 aliphatic rings. The number of anilines is 1. The van der Waals surface area contributed by atoms with Crippen LogP contribution in [-0.4, -0.2) is 27.2 Å². The number of benzene rings is 1. The van der Waals surface area contributed by atoms with Crippen LogP contribution >= 0.6 is 38.6 Å². The average Bonchev–Trinajstić information content (AvgIpc) is 3.33. The number of nitrogens with zero attached hydrogens (tertiary/aromatic N) is 4. The van der Waals surface area contributed by atoms with Crippen LogP contribution in [0.1, 0.15) is 21.1 Å². The number of amides is 1. The van der Waals surface area contributed by atoms with E-state index in [4.69, 9.17) is 4.98 Å². The van der Waals surface area contributed by atoms with Crippen LogP contribution in [0.5, 0.6) is 0 Å². The van der Waals surface area contributed by atoms with Crippen molar-refractivity contribution in [3.8, 4) is 0 Å². The fraction of sp³-hybridized carbons (Fsp3) is 0.211. The van der Waals surface area contributed by atoms with E-state index in [0.29, 0.717) is 23.1 Å². The summed E-state index contributed by atoms with van der Waals surface area (Å²) in [7, 11) is 0. The number of hydrogen-bond donors (Lipinski definition) is 0. The zero-order valence-electron chi connectivity index (χ0n) is 14.8. The lowest BCUT2D eigenvalue weighted by Crippen LogP contribution is -2.33. The normalized spacial score (nSPS) is 11.2. The van der Waals surface area contributed by atoms with Crippen molar-refractivity contribution in [2.45, 2.75) is 20.4 Å². The molecule has 1 amide bonds. The molecule has 0 spiro atoms. The van der Waals surface area contributed by atoms with Gasteiger partial charge in [-0.25, -0.2) is 4.98 Å². The number of rotatable bonds is 5. The lowest BCUT2D eigenvalue weighted by atomic mass is 10.3. The Bertz CT molecular complexity index is 1080. The van der Waals surface area contributed by atoms with Gasteiger partial charge in [0.15, 0.2) is 5.13 Å². The summed E-state index contributed by atoms with van der Waals surface area (Å²) in [5.41, 5.74) is 2.98. The molecule has 3 heterocycles. The maximum Gasteiger partial charge on any atom is 0.270 e. The molecule has 0 bridgehead atoms. The van der Waals surface area contributed by atoms with E-state index in [9.17, 15) is 4.79 Å². The van der Waals surface area contributed by atoms with Crippen molar-refractivity contribution in [2.24, 2.45) is 0 Å². The summed E-state index contributed by atoms with van der Waals surface area (Å²) >= 11 is 6.41. The van der Waals surface area contributed by atoms with Crippen LogP contribution in [0, 0.1) is 13.8 Å². The molecule has 0 radical (unpaired) electrons. The minimum atomic E-state index is -0.0358. The number of thiophene rings is 1. The molecule has 0 atom stereocenters. The van der Waals surface area contributed by atoms with E-state index in [1.165, 1.54) is 22.7 Å². The second-order valence-corrected chi connectivity index (χ2v) is 9.65. The Morgan fingerprint density at radius 1 is 1.19 bits per heavy atom. The molecular weight excluding hydrogens is 444 g/mol. The zero-order valence-corrected chi connectivity index (χ0v) is 18.1. The molecule has 5 nitrogen and oxygen atoms in total. The van der Waals surface area contributed by atoms with E-state index in [0.717, 1.165) is 25.4 Å². The number of aromatic nitrogens is 3. The first kappa shape index (κ1) is 18.3. The molecule has 0 aliphatic heterocycles. The summed E-state index contributed by atoms with van der Waals surface area (Å²) in [4.78, 5) is 20.3. The molecule has 0 saturated heterocycles. The number of carbonyl (C=O) groups excluding carboxylic acids is 1. The van der Waals surface area contributed by atoms with Gasteiger partial charge in [-0.15, -0.1) is 11.3 Å². The average molecular weight is 461 g/mol. The molecule has 0 aliphatic carbocycles. The van der Waals surface area contributed by atoms with Crippen molar-refractivity contribution in [1.82, 2.24) is 14.8 Å². The largest absolute Gasteiger partial charge is 0.281 e. The number of thiazole rings is 1. The molecule has 138 valence electrons. The van der Waals surface area contributed by atoms with Crippen molar-refractivity contribution < 1.29 is 4.79 Å². The van der Waals surface area contributed by atoms with Crippen LogP contribution in [0.15, 0.2) is 46.3 Å². The third-order valence-electron chi connectivity index (χ3n) is 4.18. The van der Waals surface area contributed by atoms with Gasteiger partial charge in [0.1, 0.15) is 0 Å². The number of halogens is 1. The van der Waals surface area contributed by atoms with Crippen molar-refractivity contribution in [3.05, 3.63) is 62.5 Å². The van der Waals surface area contributed by atoms with Gasteiger partial charge in [-0.05, 0) is 60.1 Å². The van der Waals surface area contributed by atoms with Crippen LogP contribution in [-0.2, 0) is 6.54 Å². The third-order valence-corrected chi connectivity index (χ3v) is 6.85. The van der Waals surface area contributed by atoms with Crippen molar-refractivity contribution in [1.29, 1.82) is 0 Å². The molecule has 0 unspecified atom stereocenters. The number of hydrogen-bond acceptors (Lipinski definition) is 5. The standard InChI is InChI=1S/C19H17BrN4OS2/c1-12-11-13(2)24(22-12)10-9-23(18(25)16-7-8-17(20)26-16)19-21-14-5-3-4-6-15(14)27-19/h3-8,11H,9-10H2,1-2H3. The summed E-state index contributed by atoms with van der Waals surface area (Å²) in [5, 5.41) is 5.23. The van der Waals surface area contributed by atoms with Crippen molar-refractivity contribution >= 4 is 59.9 Å². The minimum absolute atomic E-state index is 0.0358. The van der Waals surface area contributed by atoms with Gasteiger partial charge in [0.25, 0.3) is 5.91 Å². The lowest BCUT2D eigenvalue weighted by Gasteiger charge is -2.19. The first-order valence-electron chi connectivity index (χ1n) is 8.45. The van der Waals surface area contributed by atoms with Gasteiger partial charge in [0.2, 0.25) is 0 Å². The molecule has 3 aromatic heterocycles. The second-order valence-electron chi connectivity index (χ2n) is 6.17. The topological polar surface area (TPSA) is 51.0 Å². The Labute approximate surface area is 173 Å². The van der Waals surface area contributed by atoms with E-state index in [2.05, 4.69) is 21.0 Å². The predicted molar refractivity (Wildman–Crippen MR) is 115 cm³/mol. The van der Waals surface area contributed by atoms with E-state index in [1.807, 2.05) is 61.0 Å². The van der Waals surface area contributed by atoms with Crippen molar-refractivity contribution in [2.75, 3.05) is 11.4 Å². The molecule has 27 heavy (non-hydrogen) atoms. The fourth-order valence-corrected chi connectivity index (χ4v) is 5.24. The van der Waals surface area contributed by atoms with E-state index in [1.54, 1.807) is 4.90 Å². The maximum atomic E-state index is 13.2. The monoisotopic (exact) mass is 460 g/mol. The number of fused-ring (bicyclic) bond motifs is 1. The molecule has 4 rings (SSSR count). The quantitative estimate of drug-likeness (QED) is 0.406. The molecule has 0 fully saturated rings. The molecule has 1 aromatic carbocycles. The molecular formula is C19H17BrN4OS2. The van der Waals surface area contributed by atoms with Crippen molar-refractivity contribution in [3.63, 3.8) is 0 Å². The van der Waals surface area contributed by atoms with Gasteiger partial charge in [-0.1, -0.05) is 23.5 Å². The summed E-state index contributed by atoms with van der Waals surface area (Å²) in [6, 6.07) is 13.7. The highest BCUT2D eigenvalue weighted by atomic mass is 79.9. The molecule has 4 aromatic rings. The smallest absolute Gasteiger partial charge is 0.270 e. The van der Waals surface area contributed by atoms with Crippen LogP contribution < -0.4 is 4.90 Å². The highest BCUT2D eigenvalue weighted by Gasteiger charge is 2.23. The van der Waals surface area contributed by atoms with Crippen LogP contribution in [0.3, 0.4) is 0 Å². The highest BCUT2D eigenvalue weighted by Crippen LogP contribution is 2.31. The van der Waals surface area contributed by atoms with Gasteiger partial charge in [0.05, 0.1) is 31.1 Å². The first-order chi connectivity index (χ1) is 13.0. The Morgan fingerprint density at radius 2 is 2.00 bits per heavy atom. The third kappa shape index (κ3) is 3.83. The Kier molecular flexibility index (Phi) is 5.12. The van der Waals surface area contributed by atoms with E-state index >= 15 is 0 Å². The van der Waals surface area contributed by atoms with E-state index < -0.39 is 0 Å². The summed E-state index contributed by atoms with van der Waals surface area (Å²) < 4.78 is 3.95. The number of carbonyl (C=O) groups is 1. The summed E-state index contributed by atoms with van der Waals surface area (Å²) in [6.07, 6.45) is 0. The SMILES string of the molecule is Cc1cc(C)n(CCN(C(=O)c2ccc(Br)s2)c2nc3ccccc3s2)n1. The first-order valence-corrected chi connectivity index (χ1v) is 10.9. The van der Waals surface area contributed by atoms with Gasteiger partial charge in [-0.2, -0.15) is 5.10 Å². The molecule has 8 heteroatoms. The summed E-state index contributed by atoms with van der Waals surface area (Å²) in [5.74, 6) is -0.0358. The van der Waals surface area contributed by atoms with Crippen LogP contribution in [0.25, 0.3) is 10.2 Å². The van der Waals surface area contributed by atoms with Crippen LogP contribution in [0.4, 0.5) is 5.13 Å².